The van der Waals surface area contributed by atoms with Gasteiger partial charge in [0.2, 0.25) is 5.91 Å². The van der Waals surface area contributed by atoms with Crippen molar-refractivity contribution in [1.82, 2.24) is 4.90 Å². The molecule has 6 heteroatoms. The van der Waals surface area contributed by atoms with Crippen LogP contribution in [0.5, 0.6) is 0 Å². The van der Waals surface area contributed by atoms with E-state index in [1.54, 1.807) is 18.2 Å². The number of nitrogens with zero attached hydrogens (tertiary/aromatic N) is 2. The van der Waals surface area contributed by atoms with Crippen molar-refractivity contribution in [2.24, 2.45) is 5.92 Å². The second-order valence-corrected chi connectivity index (χ2v) is 8.23. The van der Waals surface area contributed by atoms with Crippen molar-refractivity contribution in [3.63, 3.8) is 0 Å². The van der Waals surface area contributed by atoms with Gasteiger partial charge in [-0.2, -0.15) is 5.26 Å². The summed E-state index contributed by atoms with van der Waals surface area (Å²) >= 11 is 6.30. The fourth-order valence-corrected chi connectivity index (χ4v) is 5.22. The first-order chi connectivity index (χ1) is 13.9. The van der Waals surface area contributed by atoms with E-state index in [4.69, 9.17) is 16.9 Å². The average Bonchev–Trinajstić information content (AvgIpc) is 3.24. The minimum Gasteiger partial charge on any atom is -0.478 e. The number of aromatic carboxylic acids is 1. The lowest BCUT2D eigenvalue weighted by Crippen LogP contribution is -2.33. The number of carboxylic acids is 1. The highest BCUT2D eigenvalue weighted by molar-refractivity contribution is 6.32. The molecule has 0 bridgehead atoms. The normalized spacial score (nSPS) is 23.1. The molecule has 1 N–H and O–H groups in total. The third-order valence-corrected chi connectivity index (χ3v) is 6.95. The molecule has 2 aromatic rings. The van der Waals surface area contributed by atoms with Crippen LogP contribution < -0.4 is 0 Å². The molecule has 1 saturated carbocycles. The van der Waals surface area contributed by atoms with E-state index in [-0.39, 0.29) is 23.8 Å². The second kappa shape index (κ2) is 7.53. The first kappa shape index (κ1) is 19.5. The molecule has 148 valence electrons. The number of hydrogen-bond donors (Lipinski definition) is 1. The largest absolute Gasteiger partial charge is 0.478 e. The molecule has 1 amide bonds. The van der Waals surface area contributed by atoms with Crippen LogP contribution in [0.25, 0.3) is 0 Å². The number of rotatable bonds is 4. The number of benzene rings is 2. The maximum atomic E-state index is 12.8. The number of halogens is 1. The van der Waals surface area contributed by atoms with Crippen molar-refractivity contribution in [2.45, 2.75) is 44.7 Å². The Hall–Kier alpha value is -2.84. The van der Waals surface area contributed by atoms with Crippen LogP contribution in [0.15, 0.2) is 36.4 Å². The number of hydrogen-bond acceptors (Lipinski definition) is 3. The van der Waals surface area contributed by atoms with Crippen LogP contribution in [-0.4, -0.2) is 27.9 Å². The second-order valence-electron chi connectivity index (χ2n) is 7.86. The Morgan fingerprint density at radius 3 is 2.76 bits per heavy atom. The summed E-state index contributed by atoms with van der Waals surface area (Å²) in [5.41, 5.74) is 3.37. The van der Waals surface area contributed by atoms with Crippen LogP contribution in [0.4, 0.5) is 0 Å². The van der Waals surface area contributed by atoms with Crippen molar-refractivity contribution < 1.29 is 14.7 Å². The topological polar surface area (TPSA) is 81.4 Å². The van der Waals surface area contributed by atoms with Crippen molar-refractivity contribution >= 4 is 23.5 Å². The molecule has 4 rings (SSSR count). The van der Waals surface area contributed by atoms with Crippen LogP contribution in [0.1, 0.15) is 57.8 Å². The van der Waals surface area contributed by atoms with Gasteiger partial charge in [0.1, 0.15) is 6.07 Å². The number of nitriles is 1. The molecule has 3 atom stereocenters. The summed E-state index contributed by atoms with van der Waals surface area (Å²) in [5.74, 6) is -0.630. The maximum Gasteiger partial charge on any atom is 0.335 e. The van der Waals surface area contributed by atoms with Crippen molar-refractivity contribution in [1.29, 1.82) is 5.26 Å². The first-order valence-corrected chi connectivity index (χ1v) is 10.1. The number of carbonyl (C=O) groups excluding carboxylic acids is 1. The zero-order valence-electron chi connectivity index (χ0n) is 16.1. The fraction of sp³-hybridized carbons (Fsp3) is 0.348. The van der Waals surface area contributed by atoms with Crippen LogP contribution in [0.2, 0.25) is 5.02 Å². The third kappa shape index (κ3) is 3.28. The van der Waals surface area contributed by atoms with Gasteiger partial charge in [-0.15, -0.1) is 0 Å². The fourth-order valence-electron chi connectivity index (χ4n) is 4.99. The van der Waals surface area contributed by atoms with E-state index >= 15 is 0 Å². The van der Waals surface area contributed by atoms with Crippen molar-refractivity contribution in [3.8, 4) is 6.07 Å². The van der Waals surface area contributed by atoms with E-state index in [2.05, 4.69) is 6.07 Å². The van der Waals surface area contributed by atoms with Gasteiger partial charge in [-0.25, -0.2) is 4.79 Å². The highest BCUT2D eigenvalue weighted by Crippen LogP contribution is 2.49. The summed E-state index contributed by atoms with van der Waals surface area (Å²) < 4.78 is 0. The Bertz CT molecular complexity index is 1040. The predicted molar refractivity (Wildman–Crippen MR) is 109 cm³/mol. The SMILES string of the molecule is Cc1c(CN2C(=O)CC3C(c4ccccc4C(=O)O)CCC32)ccc(C#N)c1Cl. The summed E-state index contributed by atoms with van der Waals surface area (Å²) in [7, 11) is 0. The molecule has 29 heavy (non-hydrogen) atoms. The lowest BCUT2D eigenvalue weighted by molar-refractivity contribution is -0.129. The third-order valence-electron chi connectivity index (χ3n) is 6.47. The van der Waals surface area contributed by atoms with E-state index in [9.17, 15) is 14.7 Å². The quantitative estimate of drug-likeness (QED) is 0.806. The molecule has 0 spiro atoms. The number of amides is 1. The van der Waals surface area contributed by atoms with Crippen LogP contribution in [0, 0.1) is 24.2 Å². The van der Waals surface area contributed by atoms with E-state index in [0.717, 1.165) is 29.5 Å². The van der Waals surface area contributed by atoms with Crippen molar-refractivity contribution in [2.75, 3.05) is 0 Å². The van der Waals surface area contributed by atoms with E-state index in [1.807, 2.05) is 30.0 Å². The summed E-state index contributed by atoms with van der Waals surface area (Å²) in [4.78, 5) is 26.4. The molecular weight excluding hydrogens is 388 g/mol. The van der Waals surface area contributed by atoms with Gasteiger partial charge in [-0.05, 0) is 60.4 Å². The summed E-state index contributed by atoms with van der Waals surface area (Å²) in [6, 6.07) is 12.9. The lowest BCUT2D eigenvalue weighted by Gasteiger charge is -2.26. The highest BCUT2D eigenvalue weighted by Gasteiger charge is 2.48. The Morgan fingerprint density at radius 2 is 2.03 bits per heavy atom. The molecule has 2 aromatic carbocycles. The minimum atomic E-state index is -0.923. The Morgan fingerprint density at radius 1 is 1.28 bits per heavy atom. The van der Waals surface area contributed by atoms with E-state index in [1.165, 1.54) is 0 Å². The monoisotopic (exact) mass is 408 g/mol. The van der Waals surface area contributed by atoms with Crippen LogP contribution in [-0.2, 0) is 11.3 Å². The van der Waals surface area contributed by atoms with Crippen molar-refractivity contribution in [3.05, 3.63) is 69.2 Å². The zero-order chi connectivity index (χ0) is 20.7. The van der Waals surface area contributed by atoms with Gasteiger partial charge < -0.3 is 10.0 Å². The van der Waals surface area contributed by atoms with Gasteiger partial charge in [0, 0.05) is 19.0 Å². The van der Waals surface area contributed by atoms with E-state index < -0.39 is 5.97 Å². The molecule has 1 heterocycles. The first-order valence-electron chi connectivity index (χ1n) is 9.72. The van der Waals surface area contributed by atoms with Gasteiger partial charge in [-0.3, -0.25) is 4.79 Å². The molecule has 5 nitrogen and oxygen atoms in total. The number of carboxylic acid groups (broad SMARTS) is 1. The molecule has 1 aliphatic carbocycles. The molecule has 0 radical (unpaired) electrons. The van der Waals surface area contributed by atoms with Crippen LogP contribution in [0.3, 0.4) is 0 Å². The average molecular weight is 409 g/mol. The van der Waals surface area contributed by atoms with Gasteiger partial charge in [0.25, 0.3) is 0 Å². The number of fused-ring (bicyclic) bond motifs is 1. The van der Waals surface area contributed by atoms with Gasteiger partial charge >= 0.3 is 5.97 Å². The highest BCUT2D eigenvalue weighted by atomic mass is 35.5. The molecule has 3 unspecified atom stereocenters. The van der Waals surface area contributed by atoms with Gasteiger partial charge in [0.15, 0.2) is 0 Å². The van der Waals surface area contributed by atoms with Gasteiger partial charge in [0.05, 0.1) is 16.1 Å². The maximum absolute atomic E-state index is 12.8. The molecule has 2 aliphatic rings. The predicted octanol–water partition coefficient (Wildman–Crippen LogP) is 4.51. The molecule has 1 saturated heterocycles. The number of carbonyl (C=O) groups is 2. The van der Waals surface area contributed by atoms with Gasteiger partial charge in [-0.1, -0.05) is 35.9 Å². The molecule has 1 aliphatic heterocycles. The standard InChI is InChI=1S/C23H21ClN2O3/c1-13-15(7-6-14(11-25)22(13)24)12-26-20-9-8-17(19(20)10-21(26)27)16-4-2-3-5-18(16)23(28)29/h2-7,17,19-20H,8-10,12H2,1H3,(H,28,29). The zero-order valence-corrected chi connectivity index (χ0v) is 16.8. The van der Waals surface area contributed by atoms with Crippen LogP contribution >= 0.6 is 11.6 Å². The summed E-state index contributed by atoms with van der Waals surface area (Å²) in [6.07, 6.45) is 2.17. The van der Waals surface area contributed by atoms with E-state index in [0.29, 0.717) is 29.1 Å². The smallest absolute Gasteiger partial charge is 0.335 e. The number of likely N-dealkylation sites (tertiary alicyclic amines) is 1. The Balaban J connectivity index is 1.60. The lowest BCUT2D eigenvalue weighted by atomic mass is 9.84. The summed E-state index contributed by atoms with van der Waals surface area (Å²) in [5, 5.41) is 19.1. The molecule has 2 fully saturated rings. The Labute approximate surface area is 174 Å². The minimum absolute atomic E-state index is 0.0758. The Kier molecular flexibility index (Phi) is 5.06. The summed E-state index contributed by atoms with van der Waals surface area (Å²) in [6.45, 7) is 2.33. The molecular formula is C23H21ClN2O3. The molecule has 0 aromatic heterocycles.